The Morgan fingerprint density at radius 2 is 2.00 bits per heavy atom. The van der Waals surface area contributed by atoms with Crippen molar-refractivity contribution in [1.82, 2.24) is 0 Å². The third kappa shape index (κ3) is 7.58. The Labute approximate surface area is 84.3 Å². The molecule has 1 atom stereocenters. The number of esters is 1. The van der Waals surface area contributed by atoms with Crippen LogP contribution >= 0.6 is 0 Å². The minimum absolute atomic E-state index is 0.0251. The molecule has 0 saturated heterocycles. The summed E-state index contributed by atoms with van der Waals surface area (Å²) in [6, 6.07) is 0. The van der Waals surface area contributed by atoms with Crippen LogP contribution in [0.15, 0.2) is 0 Å². The second-order valence-corrected chi connectivity index (χ2v) is 3.34. The Bertz CT molecular complexity index is 189. The van der Waals surface area contributed by atoms with E-state index in [4.69, 9.17) is 9.84 Å². The summed E-state index contributed by atoms with van der Waals surface area (Å²) in [5.74, 6) is -1.17. The van der Waals surface area contributed by atoms with Crippen molar-refractivity contribution in [2.75, 3.05) is 0 Å². The number of carboxylic acid groups (broad SMARTS) is 1. The molecule has 1 unspecified atom stereocenters. The summed E-state index contributed by atoms with van der Waals surface area (Å²) < 4.78 is 5.04. The van der Waals surface area contributed by atoms with Gasteiger partial charge in [-0.05, 0) is 19.8 Å². The first-order chi connectivity index (χ1) is 6.56. The van der Waals surface area contributed by atoms with Gasteiger partial charge in [0.05, 0.1) is 6.10 Å². The van der Waals surface area contributed by atoms with E-state index in [9.17, 15) is 9.59 Å². The maximum absolute atomic E-state index is 11.1. The molecular formula is C10H18O4. The quantitative estimate of drug-likeness (QED) is 0.641. The molecule has 4 nitrogen and oxygen atoms in total. The first-order valence-electron chi connectivity index (χ1n) is 4.97. The van der Waals surface area contributed by atoms with Gasteiger partial charge in [0.15, 0.2) is 0 Å². The summed E-state index contributed by atoms with van der Waals surface area (Å²) in [5.41, 5.74) is 0. The molecule has 0 fully saturated rings. The fourth-order valence-corrected chi connectivity index (χ4v) is 1.13. The van der Waals surface area contributed by atoms with Crippen molar-refractivity contribution in [1.29, 1.82) is 0 Å². The molecule has 0 heterocycles. The summed E-state index contributed by atoms with van der Waals surface area (Å²) in [6.07, 6.45) is 2.34. The molecule has 0 spiro atoms. The van der Waals surface area contributed by atoms with Gasteiger partial charge in [-0.15, -0.1) is 0 Å². The van der Waals surface area contributed by atoms with E-state index in [2.05, 4.69) is 0 Å². The lowest BCUT2D eigenvalue weighted by molar-refractivity contribution is -0.148. The topological polar surface area (TPSA) is 63.6 Å². The van der Waals surface area contributed by atoms with Crippen molar-refractivity contribution < 1.29 is 19.4 Å². The zero-order valence-electron chi connectivity index (χ0n) is 8.78. The van der Waals surface area contributed by atoms with E-state index in [-0.39, 0.29) is 24.9 Å². The second kappa shape index (κ2) is 7.35. The first kappa shape index (κ1) is 12.9. The standard InChI is InChI=1S/C10H18O4/c1-3-5-8(2)14-10(13)7-4-6-9(11)12/h8H,3-7H2,1-2H3,(H,11,12). The minimum Gasteiger partial charge on any atom is -0.481 e. The third-order valence-corrected chi connectivity index (χ3v) is 1.80. The lowest BCUT2D eigenvalue weighted by Crippen LogP contribution is -2.14. The van der Waals surface area contributed by atoms with E-state index in [1.165, 1.54) is 0 Å². The maximum atomic E-state index is 11.1. The Morgan fingerprint density at radius 3 is 2.50 bits per heavy atom. The van der Waals surface area contributed by atoms with Gasteiger partial charge in [-0.25, -0.2) is 0 Å². The Kier molecular flexibility index (Phi) is 6.80. The predicted molar refractivity (Wildman–Crippen MR) is 51.9 cm³/mol. The van der Waals surface area contributed by atoms with Crippen LogP contribution in [-0.2, 0) is 14.3 Å². The lowest BCUT2D eigenvalue weighted by atomic mass is 10.2. The molecule has 14 heavy (non-hydrogen) atoms. The maximum Gasteiger partial charge on any atom is 0.306 e. The van der Waals surface area contributed by atoms with E-state index in [1.807, 2.05) is 13.8 Å². The molecule has 0 bridgehead atoms. The van der Waals surface area contributed by atoms with Crippen LogP contribution in [0.2, 0.25) is 0 Å². The monoisotopic (exact) mass is 202 g/mol. The molecule has 0 aromatic rings. The predicted octanol–water partition coefficient (Wildman–Crippen LogP) is 1.97. The molecule has 0 aliphatic rings. The number of hydrogen-bond acceptors (Lipinski definition) is 3. The second-order valence-electron chi connectivity index (χ2n) is 3.34. The number of carbonyl (C=O) groups is 2. The molecule has 0 amide bonds. The van der Waals surface area contributed by atoms with Crippen LogP contribution in [0.1, 0.15) is 46.0 Å². The fraction of sp³-hybridized carbons (Fsp3) is 0.800. The van der Waals surface area contributed by atoms with Gasteiger partial charge in [0.1, 0.15) is 0 Å². The Morgan fingerprint density at radius 1 is 1.36 bits per heavy atom. The van der Waals surface area contributed by atoms with E-state index >= 15 is 0 Å². The average Bonchev–Trinajstić information content (AvgIpc) is 2.03. The number of ether oxygens (including phenoxy) is 1. The molecule has 0 aromatic heterocycles. The van der Waals surface area contributed by atoms with Crippen LogP contribution < -0.4 is 0 Å². The number of carboxylic acids is 1. The van der Waals surface area contributed by atoms with Crippen LogP contribution in [0.3, 0.4) is 0 Å². The molecule has 0 aromatic carbocycles. The van der Waals surface area contributed by atoms with Crippen LogP contribution in [0, 0.1) is 0 Å². The molecule has 4 heteroatoms. The van der Waals surface area contributed by atoms with Gasteiger partial charge in [-0.1, -0.05) is 13.3 Å². The van der Waals surface area contributed by atoms with Crippen molar-refractivity contribution >= 4 is 11.9 Å². The number of rotatable bonds is 7. The molecule has 0 saturated carbocycles. The molecular weight excluding hydrogens is 184 g/mol. The fourth-order valence-electron chi connectivity index (χ4n) is 1.13. The highest BCUT2D eigenvalue weighted by molar-refractivity contribution is 5.71. The van der Waals surface area contributed by atoms with Crippen molar-refractivity contribution in [3.8, 4) is 0 Å². The van der Waals surface area contributed by atoms with Gasteiger partial charge in [-0.3, -0.25) is 9.59 Å². The molecule has 0 radical (unpaired) electrons. The smallest absolute Gasteiger partial charge is 0.306 e. The number of aliphatic carboxylic acids is 1. The van der Waals surface area contributed by atoms with E-state index in [1.54, 1.807) is 0 Å². The van der Waals surface area contributed by atoms with Gasteiger partial charge < -0.3 is 9.84 Å². The average molecular weight is 202 g/mol. The van der Waals surface area contributed by atoms with Crippen molar-refractivity contribution in [3.05, 3.63) is 0 Å². The highest BCUT2D eigenvalue weighted by atomic mass is 16.5. The Hall–Kier alpha value is -1.06. The van der Waals surface area contributed by atoms with E-state index in [0.717, 1.165) is 12.8 Å². The van der Waals surface area contributed by atoms with Gasteiger partial charge in [0.25, 0.3) is 0 Å². The third-order valence-electron chi connectivity index (χ3n) is 1.80. The van der Waals surface area contributed by atoms with Crippen LogP contribution in [0.5, 0.6) is 0 Å². The van der Waals surface area contributed by atoms with Gasteiger partial charge in [0, 0.05) is 12.8 Å². The molecule has 0 rings (SSSR count). The molecule has 1 N–H and O–H groups in total. The molecule has 0 aliphatic carbocycles. The summed E-state index contributed by atoms with van der Waals surface area (Å²) in [6.45, 7) is 3.87. The Balaban J connectivity index is 3.50. The highest BCUT2D eigenvalue weighted by Crippen LogP contribution is 2.04. The summed E-state index contributed by atoms with van der Waals surface area (Å²) >= 11 is 0. The lowest BCUT2D eigenvalue weighted by Gasteiger charge is -2.11. The SMILES string of the molecule is CCCC(C)OC(=O)CCCC(=O)O. The van der Waals surface area contributed by atoms with Crippen LogP contribution in [-0.4, -0.2) is 23.1 Å². The number of carbonyl (C=O) groups excluding carboxylic acids is 1. The van der Waals surface area contributed by atoms with Gasteiger partial charge in [0.2, 0.25) is 0 Å². The zero-order chi connectivity index (χ0) is 11.0. The minimum atomic E-state index is -0.876. The largest absolute Gasteiger partial charge is 0.481 e. The summed E-state index contributed by atoms with van der Waals surface area (Å²) in [5, 5.41) is 8.34. The van der Waals surface area contributed by atoms with Crippen molar-refractivity contribution in [3.63, 3.8) is 0 Å². The van der Waals surface area contributed by atoms with Crippen LogP contribution in [0.25, 0.3) is 0 Å². The summed E-state index contributed by atoms with van der Waals surface area (Å²) in [4.78, 5) is 21.2. The van der Waals surface area contributed by atoms with E-state index in [0.29, 0.717) is 6.42 Å². The molecule has 82 valence electrons. The van der Waals surface area contributed by atoms with Gasteiger partial charge in [-0.2, -0.15) is 0 Å². The normalized spacial score (nSPS) is 12.1. The van der Waals surface area contributed by atoms with Crippen LogP contribution in [0.4, 0.5) is 0 Å². The zero-order valence-corrected chi connectivity index (χ0v) is 8.78. The molecule has 0 aliphatic heterocycles. The first-order valence-corrected chi connectivity index (χ1v) is 4.97. The van der Waals surface area contributed by atoms with Gasteiger partial charge >= 0.3 is 11.9 Å². The summed E-state index contributed by atoms with van der Waals surface area (Å²) in [7, 11) is 0. The van der Waals surface area contributed by atoms with E-state index < -0.39 is 5.97 Å². The number of hydrogen-bond donors (Lipinski definition) is 1. The highest BCUT2D eigenvalue weighted by Gasteiger charge is 2.08. The van der Waals surface area contributed by atoms with Crippen molar-refractivity contribution in [2.24, 2.45) is 0 Å². The van der Waals surface area contributed by atoms with Crippen molar-refractivity contribution in [2.45, 2.75) is 52.1 Å².